The summed E-state index contributed by atoms with van der Waals surface area (Å²) in [6.07, 6.45) is -0.952. The molecule has 0 saturated carbocycles. The van der Waals surface area contributed by atoms with Crippen molar-refractivity contribution < 1.29 is 29.6 Å². The summed E-state index contributed by atoms with van der Waals surface area (Å²) in [6, 6.07) is -1.24. The summed E-state index contributed by atoms with van der Waals surface area (Å²) in [4.78, 5) is 22.6. The summed E-state index contributed by atoms with van der Waals surface area (Å²) in [5.74, 6) is -1.25. The topological polar surface area (TPSA) is 116 Å². The van der Waals surface area contributed by atoms with Crippen LogP contribution in [0.3, 0.4) is 0 Å². The molecule has 0 aliphatic carbocycles. The molecule has 0 aromatic heterocycles. The lowest BCUT2D eigenvalue weighted by Crippen LogP contribution is -2.47. The maximum atomic E-state index is 11.5. The summed E-state index contributed by atoms with van der Waals surface area (Å²) in [5, 5.41) is 29.5. The van der Waals surface area contributed by atoms with Crippen LogP contribution in [-0.4, -0.2) is 52.2 Å². The third-order valence-corrected chi connectivity index (χ3v) is 2.45. The molecule has 0 spiro atoms. The van der Waals surface area contributed by atoms with Crippen molar-refractivity contribution >= 4 is 12.1 Å². The molecule has 1 unspecified atom stereocenters. The number of aliphatic carboxylic acids is 1. The second kappa shape index (κ2) is 6.72. The Labute approximate surface area is 112 Å². The highest BCUT2D eigenvalue weighted by Gasteiger charge is 2.32. The molecule has 112 valence electrons. The van der Waals surface area contributed by atoms with Gasteiger partial charge in [0.15, 0.2) is 0 Å². The molecule has 0 aromatic carbocycles. The molecule has 0 bridgehead atoms. The zero-order valence-electron chi connectivity index (χ0n) is 11.8. The van der Waals surface area contributed by atoms with Crippen molar-refractivity contribution in [3.05, 3.63) is 0 Å². The van der Waals surface area contributed by atoms with E-state index in [0.29, 0.717) is 0 Å². The highest BCUT2D eigenvalue weighted by molar-refractivity contribution is 5.80. The van der Waals surface area contributed by atoms with Crippen LogP contribution in [0.5, 0.6) is 0 Å². The Morgan fingerprint density at radius 1 is 1.16 bits per heavy atom. The second-order valence-corrected chi connectivity index (χ2v) is 5.87. The number of rotatable bonds is 6. The third kappa shape index (κ3) is 6.97. The fourth-order valence-electron chi connectivity index (χ4n) is 1.32. The van der Waals surface area contributed by atoms with E-state index in [1.165, 1.54) is 6.92 Å². The molecule has 4 N–H and O–H groups in total. The molecule has 19 heavy (non-hydrogen) atoms. The van der Waals surface area contributed by atoms with Gasteiger partial charge in [0.25, 0.3) is 0 Å². The van der Waals surface area contributed by atoms with E-state index >= 15 is 0 Å². The summed E-state index contributed by atoms with van der Waals surface area (Å²) in [6.45, 7) is 5.74. The molecule has 0 heterocycles. The Kier molecular flexibility index (Phi) is 6.24. The minimum Gasteiger partial charge on any atom is -0.480 e. The fourth-order valence-corrected chi connectivity index (χ4v) is 1.32. The number of carboxylic acid groups (broad SMARTS) is 1. The number of carbonyl (C=O) groups is 2. The van der Waals surface area contributed by atoms with Gasteiger partial charge < -0.3 is 25.4 Å². The largest absolute Gasteiger partial charge is 0.480 e. The minimum absolute atomic E-state index is 0.103. The fraction of sp³-hybridized carbons (Fsp3) is 0.833. The molecule has 0 aliphatic rings. The molecule has 0 rings (SSSR count). The van der Waals surface area contributed by atoms with Crippen LogP contribution in [0.1, 0.15) is 34.1 Å². The molecular formula is C12H23NO6. The van der Waals surface area contributed by atoms with Crippen LogP contribution in [0.25, 0.3) is 0 Å². The molecule has 7 nitrogen and oxygen atoms in total. The first-order chi connectivity index (χ1) is 8.53. The Morgan fingerprint density at radius 2 is 1.63 bits per heavy atom. The van der Waals surface area contributed by atoms with E-state index in [2.05, 4.69) is 5.32 Å². The first-order valence-electron chi connectivity index (χ1n) is 5.97. The standard InChI is InChI=1S/C12H23NO6/c1-11(2,3)19-10(18)13-8(9(16)17)5-12(4,6-14)7-15/h8,14-15H,5-7H2,1-4H3,(H,13,18)(H,16,17). The zero-order chi connectivity index (χ0) is 15.3. The summed E-state index contributed by atoms with van der Waals surface area (Å²) in [7, 11) is 0. The summed E-state index contributed by atoms with van der Waals surface area (Å²) >= 11 is 0. The van der Waals surface area contributed by atoms with E-state index in [-0.39, 0.29) is 19.6 Å². The van der Waals surface area contributed by atoms with Crippen molar-refractivity contribution in [2.75, 3.05) is 13.2 Å². The van der Waals surface area contributed by atoms with E-state index in [1.807, 2.05) is 0 Å². The monoisotopic (exact) mass is 277 g/mol. The van der Waals surface area contributed by atoms with Crippen molar-refractivity contribution in [2.45, 2.75) is 45.8 Å². The highest BCUT2D eigenvalue weighted by Crippen LogP contribution is 2.22. The molecule has 1 atom stereocenters. The Bertz CT molecular complexity index is 319. The Hall–Kier alpha value is -1.34. The number of carbonyl (C=O) groups excluding carboxylic acids is 1. The molecule has 1 amide bonds. The average molecular weight is 277 g/mol. The van der Waals surface area contributed by atoms with Crippen LogP contribution < -0.4 is 5.32 Å². The lowest BCUT2D eigenvalue weighted by atomic mass is 9.85. The molecule has 0 radical (unpaired) electrons. The predicted octanol–water partition coefficient (Wildman–Crippen LogP) is 0.345. The minimum atomic E-state index is -1.25. The number of nitrogens with one attached hydrogen (secondary N) is 1. The van der Waals surface area contributed by atoms with Gasteiger partial charge >= 0.3 is 12.1 Å². The zero-order valence-corrected chi connectivity index (χ0v) is 11.8. The first-order valence-corrected chi connectivity index (χ1v) is 5.97. The van der Waals surface area contributed by atoms with Crippen molar-refractivity contribution in [1.29, 1.82) is 0 Å². The molecule has 0 saturated heterocycles. The predicted molar refractivity (Wildman–Crippen MR) is 67.7 cm³/mol. The van der Waals surface area contributed by atoms with E-state index in [9.17, 15) is 9.59 Å². The van der Waals surface area contributed by atoms with Gasteiger partial charge in [0.05, 0.1) is 13.2 Å². The Balaban J connectivity index is 4.68. The van der Waals surface area contributed by atoms with Crippen LogP contribution in [-0.2, 0) is 9.53 Å². The SMILES string of the molecule is CC(CO)(CO)CC(NC(=O)OC(C)(C)C)C(=O)O. The second-order valence-electron chi connectivity index (χ2n) is 5.87. The smallest absolute Gasteiger partial charge is 0.408 e. The van der Waals surface area contributed by atoms with E-state index in [0.717, 1.165) is 0 Å². The van der Waals surface area contributed by atoms with E-state index in [1.54, 1.807) is 20.8 Å². The lowest BCUT2D eigenvalue weighted by Gasteiger charge is -2.29. The summed E-state index contributed by atoms with van der Waals surface area (Å²) < 4.78 is 4.96. The van der Waals surface area contributed by atoms with Crippen molar-refractivity contribution in [3.8, 4) is 0 Å². The number of aliphatic hydroxyl groups excluding tert-OH is 2. The Morgan fingerprint density at radius 3 is 1.95 bits per heavy atom. The van der Waals surface area contributed by atoms with Crippen LogP contribution in [0.15, 0.2) is 0 Å². The van der Waals surface area contributed by atoms with Gasteiger partial charge in [-0.15, -0.1) is 0 Å². The van der Waals surface area contributed by atoms with Gasteiger partial charge in [0.1, 0.15) is 11.6 Å². The normalized spacial score (nSPS) is 13.8. The number of alkyl carbamates (subject to hydrolysis) is 1. The van der Waals surface area contributed by atoms with Crippen LogP contribution >= 0.6 is 0 Å². The van der Waals surface area contributed by atoms with Crippen LogP contribution in [0, 0.1) is 5.41 Å². The van der Waals surface area contributed by atoms with Gasteiger partial charge in [-0.05, 0) is 27.2 Å². The quantitative estimate of drug-likeness (QED) is 0.556. The number of aliphatic hydroxyl groups is 2. The van der Waals surface area contributed by atoms with Gasteiger partial charge in [-0.25, -0.2) is 9.59 Å². The van der Waals surface area contributed by atoms with E-state index < -0.39 is 29.1 Å². The van der Waals surface area contributed by atoms with Crippen LogP contribution in [0.4, 0.5) is 4.79 Å². The molecule has 7 heteroatoms. The number of amides is 1. The maximum absolute atomic E-state index is 11.5. The highest BCUT2D eigenvalue weighted by atomic mass is 16.6. The number of hydrogen-bond acceptors (Lipinski definition) is 5. The van der Waals surface area contributed by atoms with Crippen LogP contribution in [0.2, 0.25) is 0 Å². The van der Waals surface area contributed by atoms with E-state index in [4.69, 9.17) is 20.1 Å². The average Bonchev–Trinajstić information content (AvgIpc) is 2.25. The van der Waals surface area contributed by atoms with Gasteiger partial charge in [-0.2, -0.15) is 0 Å². The third-order valence-electron chi connectivity index (χ3n) is 2.45. The lowest BCUT2D eigenvalue weighted by molar-refractivity contribution is -0.140. The maximum Gasteiger partial charge on any atom is 0.408 e. The number of ether oxygens (including phenoxy) is 1. The first kappa shape index (κ1) is 17.7. The number of hydrogen-bond donors (Lipinski definition) is 4. The van der Waals surface area contributed by atoms with Gasteiger partial charge in [0.2, 0.25) is 0 Å². The van der Waals surface area contributed by atoms with Gasteiger partial charge in [-0.3, -0.25) is 0 Å². The molecule has 0 aliphatic heterocycles. The van der Waals surface area contributed by atoms with Crippen molar-refractivity contribution in [3.63, 3.8) is 0 Å². The molecule has 0 aromatic rings. The van der Waals surface area contributed by atoms with Crippen molar-refractivity contribution in [1.82, 2.24) is 5.32 Å². The van der Waals surface area contributed by atoms with Crippen molar-refractivity contribution in [2.24, 2.45) is 5.41 Å². The molecular weight excluding hydrogens is 254 g/mol. The summed E-state index contributed by atoms with van der Waals surface area (Å²) in [5.41, 5.74) is -1.72. The molecule has 0 fully saturated rings. The van der Waals surface area contributed by atoms with Gasteiger partial charge in [0, 0.05) is 5.41 Å². The number of carboxylic acids is 1. The van der Waals surface area contributed by atoms with Gasteiger partial charge in [-0.1, -0.05) is 6.92 Å².